The fourth-order valence-electron chi connectivity index (χ4n) is 1.69. The molecule has 112 valence electrons. The average Bonchev–Trinajstić information content (AvgIpc) is 3.18. The Morgan fingerprint density at radius 2 is 2.14 bits per heavy atom. The number of carbonyl (C=O) groups is 1. The van der Waals surface area contributed by atoms with Gasteiger partial charge in [0.15, 0.2) is 11.6 Å². The summed E-state index contributed by atoms with van der Waals surface area (Å²) in [4.78, 5) is 16.2. The predicted octanol–water partition coefficient (Wildman–Crippen LogP) is 3.40. The quantitative estimate of drug-likeness (QED) is 0.483. The minimum absolute atomic E-state index is 0.101. The third kappa shape index (κ3) is 3.89. The fourth-order valence-corrected chi connectivity index (χ4v) is 2.65. The topological polar surface area (TPSA) is 83.8 Å². The van der Waals surface area contributed by atoms with Gasteiger partial charge in [-0.25, -0.2) is 0 Å². The number of nitrogens with zero attached hydrogens (tertiary/aromatic N) is 2. The van der Waals surface area contributed by atoms with Crippen LogP contribution in [0.15, 0.2) is 52.2 Å². The molecule has 0 radical (unpaired) electrons. The number of carbonyl (C=O) groups excluding carboxylic acids is 1. The van der Waals surface area contributed by atoms with E-state index in [0.29, 0.717) is 16.7 Å². The molecule has 0 saturated heterocycles. The first kappa shape index (κ1) is 15.1. The highest BCUT2D eigenvalue weighted by molar-refractivity contribution is 14.1. The van der Waals surface area contributed by atoms with Crippen LogP contribution in [0.2, 0.25) is 0 Å². The van der Waals surface area contributed by atoms with Gasteiger partial charge in [0.1, 0.15) is 0 Å². The number of H-pyrrole nitrogens is 1. The summed E-state index contributed by atoms with van der Waals surface area (Å²) in [5.41, 5.74) is 0.775. The van der Waals surface area contributed by atoms with Crippen molar-refractivity contribution >= 4 is 45.9 Å². The Hall–Kier alpha value is -1.81. The van der Waals surface area contributed by atoms with Gasteiger partial charge in [-0.2, -0.15) is 4.98 Å². The highest BCUT2D eigenvalue weighted by atomic mass is 127. The lowest BCUT2D eigenvalue weighted by Crippen LogP contribution is -2.14. The Morgan fingerprint density at radius 3 is 2.86 bits per heavy atom. The molecule has 0 aliphatic carbocycles. The second kappa shape index (κ2) is 6.97. The summed E-state index contributed by atoms with van der Waals surface area (Å²) in [6.45, 7) is 0. The van der Waals surface area contributed by atoms with Crippen LogP contribution < -0.4 is 5.32 Å². The number of aromatic nitrogens is 3. The van der Waals surface area contributed by atoms with Gasteiger partial charge in [-0.05, 0) is 59.0 Å². The summed E-state index contributed by atoms with van der Waals surface area (Å²) in [7, 11) is 0. The molecule has 0 aliphatic heterocycles. The molecular weight excluding hydrogens is 415 g/mol. The number of hydrogen-bond acceptors (Lipinski definition) is 5. The third-order valence-corrected chi connectivity index (χ3v) is 4.25. The Labute approximate surface area is 144 Å². The molecule has 0 aliphatic rings. The number of rotatable bonds is 5. The van der Waals surface area contributed by atoms with Gasteiger partial charge >= 0.3 is 0 Å². The number of benzene rings is 1. The molecule has 0 fully saturated rings. The van der Waals surface area contributed by atoms with Crippen LogP contribution in [-0.2, 0) is 4.79 Å². The van der Waals surface area contributed by atoms with Gasteiger partial charge in [-0.1, -0.05) is 11.8 Å². The van der Waals surface area contributed by atoms with Crippen molar-refractivity contribution in [3.63, 3.8) is 0 Å². The van der Waals surface area contributed by atoms with Crippen LogP contribution in [0.4, 0.5) is 5.69 Å². The van der Waals surface area contributed by atoms with Crippen molar-refractivity contribution in [2.24, 2.45) is 0 Å². The zero-order valence-corrected chi connectivity index (χ0v) is 14.2. The molecule has 2 aromatic heterocycles. The second-order valence-electron chi connectivity index (χ2n) is 4.29. The number of amides is 1. The lowest BCUT2D eigenvalue weighted by atomic mass is 10.3. The number of anilines is 1. The molecule has 2 heterocycles. The minimum atomic E-state index is -0.101. The molecule has 0 atom stereocenters. The number of aromatic amines is 1. The fraction of sp³-hybridized carbons (Fsp3) is 0.0714. The van der Waals surface area contributed by atoms with Gasteiger partial charge in [0, 0.05) is 9.26 Å². The summed E-state index contributed by atoms with van der Waals surface area (Å²) in [5.74, 6) is 1.30. The van der Waals surface area contributed by atoms with E-state index in [9.17, 15) is 4.79 Å². The smallest absolute Gasteiger partial charge is 0.234 e. The van der Waals surface area contributed by atoms with E-state index in [2.05, 4.69) is 43.1 Å². The number of thioether (sulfide) groups is 1. The van der Waals surface area contributed by atoms with E-state index in [4.69, 9.17) is 4.42 Å². The zero-order chi connectivity index (χ0) is 15.4. The van der Waals surface area contributed by atoms with Crippen LogP contribution in [0.25, 0.3) is 11.6 Å². The molecule has 22 heavy (non-hydrogen) atoms. The Balaban J connectivity index is 1.54. The van der Waals surface area contributed by atoms with E-state index in [1.165, 1.54) is 11.8 Å². The Morgan fingerprint density at radius 1 is 1.32 bits per heavy atom. The van der Waals surface area contributed by atoms with E-state index in [1.807, 2.05) is 24.3 Å². The maximum atomic E-state index is 11.9. The number of hydrogen-bond donors (Lipinski definition) is 2. The van der Waals surface area contributed by atoms with Crippen LogP contribution in [0.3, 0.4) is 0 Å². The molecule has 1 aromatic carbocycles. The molecule has 6 nitrogen and oxygen atoms in total. The second-order valence-corrected chi connectivity index (χ2v) is 6.48. The van der Waals surface area contributed by atoms with E-state index in [1.54, 1.807) is 18.4 Å². The minimum Gasteiger partial charge on any atom is -0.461 e. The van der Waals surface area contributed by atoms with Crippen molar-refractivity contribution in [3.8, 4) is 11.6 Å². The average molecular weight is 426 g/mol. The van der Waals surface area contributed by atoms with Gasteiger partial charge < -0.3 is 9.73 Å². The number of furan rings is 1. The Kier molecular flexibility index (Phi) is 4.78. The summed E-state index contributed by atoms with van der Waals surface area (Å²) in [6.07, 6.45) is 1.57. The summed E-state index contributed by atoms with van der Waals surface area (Å²) >= 11 is 3.48. The van der Waals surface area contributed by atoms with E-state index < -0.39 is 0 Å². The van der Waals surface area contributed by atoms with Gasteiger partial charge in [0.25, 0.3) is 0 Å². The molecular formula is C14H11IN4O2S. The first-order valence-electron chi connectivity index (χ1n) is 6.35. The van der Waals surface area contributed by atoms with E-state index in [0.717, 1.165) is 9.26 Å². The first-order valence-corrected chi connectivity index (χ1v) is 8.41. The van der Waals surface area contributed by atoms with Gasteiger partial charge in [0.05, 0.1) is 12.0 Å². The Bertz CT molecular complexity index is 756. The van der Waals surface area contributed by atoms with Gasteiger partial charge in [-0.15, -0.1) is 5.10 Å². The molecule has 3 aromatic rings. The summed E-state index contributed by atoms with van der Waals surface area (Å²) < 4.78 is 6.35. The van der Waals surface area contributed by atoms with E-state index >= 15 is 0 Å². The number of nitrogens with one attached hydrogen (secondary N) is 2. The van der Waals surface area contributed by atoms with Crippen LogP contribution in [0.1, 0.15) is 0 Å². The normalized spacial score (nSPS) is 10.6. The molecule has 0 unspecified atom stereocenters. The zero-order valence-electron chi connectivity index (χ0n) is 11.2. The maximum Gasteiger partial charge on any atom is 0.234 e. The molecule has 1 amide bonds. The van der Waals surface area contributed by atoms with Crippen LogP contribution in [-0.4, -0.2) is 26.8 Å². The molecule has 2 N–H and O–H groups in total. The molecule has 8 heteroatoms. The summed E-state index contributed by atoms with van der Waals surface area (Å²) in [5, 5.41) is 10.2. The highest BCUT2D eigenvalue weighted by Gasteiger charge is 2.10. The lowest BCUT2D eigenvalue weighted by molar-refractivity contribution is -0.113. The molecule has 0 spiro atoms. The van der Waals surface area contributed by atoms with Crippen LogP contribution >= 0.6 is 34.4 Å². The predicted molar refractivity (Wildman–Crippen MR) is 92.6 cm³/mol. The maximum absolute atomic E-state index is 11.9. The highest BCUT2D eigenvalue weighted by Crippen LogP contribution is 2.19. The van der Waals surface area contributed by atoms with Crippen molar-refractivity contribution in [1.29, 1.82) is 0 Å². The molecule has 3 rings (SSSR count). The standard InChI is InChI=1S/C14H11IN4O2S/c15-9-3-5-10(6-4-9)16-12(20)8-22-14-17-13(18-19-14)11-2-1-7-21-11/h1-7H,8H2,(H,16,20)(H,17,18,19). The third-order valence-electron chi connectivity index (χ3n) is 2.68. The van der Waals surface area contributed by atoms with Crippen LogP contribution in [0.5, 0.6) is 0 Å². The number of halogens is 1. The van der Waals surface area contributed by atoms with Crippen molar-refractivity contribution in [1.82, 2.24) is 15.2 Å². The molecule has 0 saturated carbocycles. The van der Waals surface area contributed by atoms with Crippen molar-refractivity contribution < 1.29 is 9.21 Å². The monoisotopic (exact) mass is 426 g/mol. The van der Waals surface area contributed by atoms with E-state index in [-0.39, 0.29) is 11.7 Å². The largest absolute Gasteiger partial charge is 0.461 e. The van der Waals surface area contributed by atoms with Crippen molar-refractivity contribution in [3.05, 3.63) is 46.2 Å². The molecule has 0 bridgehead atoms. The first-order chi connectivity index (χ1) is 10.7. The van der Waals surface area contributed by atoms with Gasteiger partial charge in [0.2, 0.25) is 11.1 Å². The summed E-state index contributed by atoms with van der Waals surface area (Å²) in [6, 6.07) is 11.2. The lowest BCUT2D eigenvalue weighted by Gasteiger charge is -2.03. The SMILES string of the molecule is O=C(CSc1n[nH]c(-c2ccco2)n1)Nc1ccc(I)cc1. The van der Waals surface area contributed by atoms with Gasteiger partial charge in [-0.3, -0.25) is 9.89 Å². The van der Waals surface area contributed by atoms with Crippen molar-refractivity contribution in [2.75, 3.05) is 11.1 Å². The van der Waals surface area contributed by atoms with Crippen molar-refractivity contribution in [2.45, 2.75) is 5.16 Å². The van der Waals surface area contributed by atoms with Crippen LogP contribution in [0, 0.1) is 3.57 Å².